The number of rotatable bonds is 4. The average molecular weight is 224 g/mol. The summed E-state index contributed by atoms with van der Waals surface area (Å²) in [4.78, 5) is 21.5. The van der Waals surface area contributed by atoms with Gasteiger partial charge in [-0.25, -0.2) is 4.79 Å². The molecule has 0 aromatic rings. The Morgan fingerprint density at radius 3 is 2.00 bits per heavy atom. The molecule has 0 fully saturated rings. The smallest absolute Gasteiger partial charge is 0.330 e. The van der Waals surface area contributed by atoms with Crippen LogP contribution in [0.1, 0.15) is 20.8 Å². The zero-order chi connectivity index (χ0) is 12.6. The van der Waals surface area contributed by atoms with Gasteiger partial charge in [0.15, 0.2) is 0 Å². The molecule has 0 aliphatic carbocycles. The molecule has 0 amide bonds. The Hall–Kier alpha value is -1.84. The first-order chi connectivity index (χ1) is 7.47. The minimum absolute atomic E-state index is 0.377. The molecule has 0 bridgehead atoms. The summed E-state index contributed by atoms with van der Waals surface area (Å²) in [5.41, 5.74) is 0.873. The number of carbonyl (C=O) groups is 2. The van der Waals surface area contributed by atoms with Gasteiger partial charge in [0.1, 0.15) is 5.76 Å². The first kappa shape index (κ1) is 14.2. The molecule has 0 radical (unpaired) electrons. The highest BCUT2D eigenvalue weighted by Gasteiger charge is 1.99. The van der Waals surface area contributed by atoms with Crippen LogP contribution >= 0.6 is 0 Å². The molecule has 0 rings (SSSR count). The van der Waals surface area contributed by atoms with Crippen molar-refractivity contribution in [2.45, 2.75) is 20.8 Å². The number of hydrogen-bond acceptors (Lipinski definition) is 4. The Labute approximate surface area is 95.2 Å². The zero-order valence-electron chi connectivity index (χ0n) is 9.94. The van der Waals surface area contributed by atoms with E-state index < -0.39 is 5.97 Å². The number of ether oxygens (including phenoxy) is 2. The molecule has 88 valence electrons. The van der Waals surface area contributed by atoms with Crippen LogP contribution in [0.15, 0.2) is 35.6 Å². The molecule has 0 aromatic heterocycles. The summed E-state index contributed by atoms with van der Waals surface area (Å²) in [6.45, 7) is 4.99. The van der Waals surface area contributed by atoms with Crippen molar-refractivity contribution in [2.75, 3.05) is 7.11 Å². The summed E-state index contributed by atoms with van der Waals surface area (Å²) in [6, 6.07) is 0. The van der Waals surface area contributed by atoms with Crippen molar-refractivity contribution < 1.29 is 19.1 Å². The van der Waals surface area contributed by atoms with Crippen molar-refractivity contribution in [2.24, 2.45) is 0 Å². The Kier molecular flexibility index (Phi) is 6.59. The molecule has 0 atom stereocenters. The maximum Gasteiger partial charge on any atom is 0.330 e. The highest BCUT2D eigenvalue weighted by molar-refractivity contribution is 5.82. The van der Waals surface area contributed by atoms with Gasteiger partial charge >= 0.3 is 11.9 Å². The summed E-state index contributed by atoms with van der Waals surface area (Å²) in [7, 11) is 1.30. The number of esters is 2. The van der Waals surface area contributed by atoms with Crippen LogP contribution in [0.2, 0.25) is 0 Å². The van der Waals surface area contributed by atoms with Gasteiger partial charge in [0, 0.05) is 13.0 Å². The van der Waals surface area contributed by atoms with Gasteiger partial charge in [-0.2, -0.15) is 0 Å². The van der Waals surface area contributed by atoms with E-state index in [0.717, 1.165) is 5.57 Å². The topological polar surface area (TPSA) is 52.6 Å². The second-order valence-electron chi connectivity index (χ2n) is 3.20. The third kappa shape index (κ3) is 6.59. The van der Waals surface area contributed by atoms with Gasteiger partial charge < -0.3 is 9.47 Å². The van der Waals surface area contributed by atoms with Crippen LogP contribution in [0.25, 0.3) is 0 Å². The van der Waals surface area contributed by atoms with Gasteiger partial charge in [-0.3, -0.25) is 4.79 Å². The molecule has 4 heteroatoms. The fraction of sp³-hybridized carbons (Fsp3) is 0.333. The van der Waals surface area contributed by atoms with Crippen molar-refractivity contribution in [3.8, 4) is 0 Å². The van der Waals surface area contributed by atoms with E-state index in [1.165, 1.54) is 26.2 Å². The fourth-order valence-corrected chi connectivity index (χ4v) is 0.803. The van der Waals surface area contributed by atoms with Gasteiger partial charge in [-0.1, -0.05) is 12.2 Å². The molecule has 0 unspecified atom stereocenters. The first-order valence-electron chi connectivity index (χ1n) is 4.76. The zero-order valence-corrected chi connectivity index (χ0v) is 9.94. The minimum atomic E-state index is -0.434. The molecular formula is C12H16O4. The van der Waals surface area contributed by atoms with Crippen LogP contribution in [0.4, 0.5) is 0 Å². The third-order valence-corrected chi connectivity index (χ3v) is 1.54. The lowest BCUT2D eigenvalue weighted by Crippen LogP contribution is -1.98. The van der Waals surface area contributed by atoms with Gasteiger partial charge in [0.05, 0.1) is 7.11 Å². The Bertz CT molecular complexity index is 344. The van der Waals surface area contributed by atoms with E-state index in [2.05, 4.69) is 4.74 Å². The molecule has 0 N–H and O–H groups in total. The molecule has 0 saturated heterocycles. The van der Waals surface area contributed by atoms with Crippen LogP contribution in [-0.4, -0.2) is 19.0 Å². The molecule has 0 aromatic carbocycles. The van der Waals surface area contributed by atoms with E-state index in [-0.39, 0.29) is 5.97 Å². The second-order valence-corrected chi connectivity index (χ2v) is 3.20. The SMILES string of the molecule is COC(=O)/C=C\C=C\C(OC(C)=O)=C(C)C. The average Bonchev–Trinajstić information content (AvgIpc) is 2.21. The van der Waals surface area contributed by atoms with Crippen molar-refractivity contribution >= 4 is 11.9 Å². The van der Waals surface area contributed by atoms with Crippen LogP contribution in [0, 0.1) is 0 Å². The predicted octanol–water partition coefficient (Wildman–Crippen LogP) is 2.13. The predicted molar refractivity (Wildman–Crippen MR) is 60.4 cm³/mol. The molecule has 4 nitrogen and oxygen atoms in total. The summed E-state index contributed by atoms with van der Waals surface area (Å²) in [5, 5.41) is 0. The van der Waals surface area contributed by atoms with Crippen LogP contribution in [0.3, 0.4) is 0 Å². The maximum absolute atomic E-state index is 10.8. The first-order valence-corrected chi connectivity index (χ1v) is 4.76. The van der Waals surface area contributed by atoms with E-state index >= 15 is 0 Å². The molecule has 0 aliphatic heterocycles. The summed E-state index contributed by atoms with van der Waals surface area (Å²) < 4.78 is 9.36. The van der Waals surface area contributed by atoms with E-state index in [4.69, 9.17) is 4.74 Å². The van der Waals surface area contributed by atoms with E-state index in [1.807, 2.05) is 13.8 Å². The fourth-order valence-electron chi connectivity index (χ4n) is 0.803. The highest BCUT2D eigenvalue weighted by Crippen LogP contribution is 2.07. The lowest BCUT2D eigenvalue weighted by molar-refractivity contribution is -0.136. The molecule has 0 aliphatic rings. The molecular weight excluding hydrogens is 208 g/mol. The minimum Gasteiger partial charge on any atom is -0.466 e. The Morgan fingerprint density at radius 1 is 1.00 bits per heavy atom. The van der Waals surface area contributed by atoms with Crippen LogP contribution < -0.4 is 0 Å². The van der Waals surface area contributed by atoms with Gasteiger partial charge in [0.2, 0.25) is 0 Å². The lowest BCUT2D eigenvalue weighted by Gasteiger charge is -2.03. The highest BCUT2D eigenvalue weighted by atomic mass is 16.5. The second kappa shape index (κ2) is 7.45. The van der Waals surface area contributed by atoms with Gasteiger partial charge in [0.25, 0.3) is 0 Å². The maximum atomic E-state index is 10.8. The summed E-state index contributed by atoms with van der Waals surface area (Å²) >= 11 is 0. The van der Waals surface area contributed by atoms with Crippen LogP contribution in [-0.2, 0) is 19.1 Å². The summed E-state index contributed by atoms with van der Waals surface area (Å²) in [5.74, 6) is -0.337. The van der Waals surface area contributed by atoms with E-state index in [9.17, 15) is 9.59 Å². The molecule has 0 saturated carbocycles. The summed E-state index contributed by atoms with van der Waals surface area (Å²) in [6.07, 6.45) is 5.99. The van der Waals surface area contributed by atoms with Crippen molar-refractivity contribution in [1.82, 2.24) is 0 Å². The van der Waals surface area contributed by atoms with Crippen LogP contribution in [0.5, 0.6) is 0 Å². The normalized spacial score (nSPS) is 10.5. The molecule has 0 heterocycles. The Balaban J connectivity index is 4.49. The Morgan fingerprint density at radius 2 is 1.56 bits per heavy atom. The van der Waals surface area contributed by atoms with Crippen molar-refractivity contribution in [3.63, 3.8) is 0 Å². The lowest BCUT2D eigenvalue weighted by atomic mass is 10.2. The number of methoxy groups -OCH3 is 1. The number of carbonyl (C=O) groups excluding carboxylic acids is 2. The van der Waals surface area contributed by atoms with E-state index in [0.29, 0.717) is 5.76 Å². The monoisotopic (exact) mass is 224 g/mol. The quantitative estimate of drug-likeness (QED) is 0.318. The number of allylic oxidation sites excluding steroid dienone is 4. The van der Waals surface area contributed by atoms with E-state index in [1.54, 1.807) is 12.2 Å². The molecule has 16 heavy (non-hydrogen) atoms. The molecule has 0 spiro atoms. The van der Waals surface area contributed by atoms with Gasteiger partial charge in [-0.05, 0) is 25.5 Å². The third-order valence-electron chi connectivity index (χ3n) is 1.54. The van der Waals surface area contributed by atoms with Crippen molar-refractivity contribution in [3.05, 3.63) is 35.6 Å². The van der Waals surface area contributed by atoms with Gasteiger partial charge in [-0.15, -0.1) is 0 Å². The van der Waals surface area contributed by atoms with Crippen molar-refractivity contribution in [1.29, 1.82) is 0 Å². The number of hydrogen-bond donors (Lipinski definition) is 0. The standard InChI is InChI=1S/C12H16O4/c1-9(2)11(16-10(3)13)7-5-6-8-12(14)15-4/h5-8H,1-4H3/b7-5+,8-6-. The largest absolute Gasteiger partial charge is 0.466 e.